The van der Waals surface area contributed by atoms with Gasteiger partial charge in [0.1, 0.15) is 11.8 Å². The van der Waals surface area contributed by atoms with E-state index >= 15 is 0 Å². The van der Waals surface area contributed by atoms with Crippen molar-refractivity contribution in [3.05, 3.63) is 30.0 Å². The van der Waals surface area contributed by atoms with Crippen LogP contribution in [0.3, 0.4) is 0 Å². The molecule has 2 rings (SSSR count). The SMILES string of the molecule is OCC(O)/C=C/Cn1cnc2c(Cl)ncnc21. The van der Waals surface area contributed by atoms with E-state index in [2.05, 4.69) is 15.0 Å². The maximum absolute atomic E-state index is 9.14. The Morgan fingerprint density at radius 1 is 1.41 bits per heavy atom. The molecule has 0 aliphatic carbocycles. The quantitative estimate of drug-likeness (QED) is 0.609. The Morgan fingerprint density at radius 2 is 2.24 bits per heavy atom. The fourth-order valence-corrected chi connectivity index (χ4v) is 1.56. The number of aliphatic hydroxyl groups excluding tert-OH is 2. The maximum atomic E-state index is 9.14. The van der Waals surface area contributed by atoms with Crippen LogP contribution in [0.1, 0.15) is 0 Å². The number of rotatable bonds is 4. The Bertz CT molecular complexity index is 540. The van der Waals surface area contributed by atoms with E-state index in [0.29, 0.717) is 22.9 Å². The average Bonchev–Trinajstić information content (AvgIpc) is 2.74. The van der Waals surface area contributed by atoms with Crippen LogP contribution in [0.5, 0.6) is 0 Å². The van der Waals surface area contributed by atoms with Crippen molar-refractivity contribution in [2.45, 2.75) is 12.6 Å². The van der Waals surface area contributed by atoms with Crippen molar-refractivity contribution in [2.75, 3.05) is 6.61 Å². The molecule has 7 heteroatoms. The van der Waals surface area contributed by atoms with E-state index < -0.39 is 6.10 Å². The summed E-state index contributed by atoms with van der Waals surface area (Å²) >= 11 is 5.86. The Kier molecular flexibility index (Phi) is 3.68. The second-order valence-corrected chi connectivity index (χ2v) is 3.77. The zero-order valence-electron chi connectivity index (χ0n) is 8.86. The lowest BCUT2D eigenvalue weighted by atomic mass is 10.3. The lowest BCUT2D eigenvalue weighted by Gasteiger charge is -2.00. The van der Waals surface area contributed by atoms with Crippen molar-refractivity contribution in [1.29, 1.82) is 0 Å². The highest BCUT2D eigenvalue weighted by atomic mass is 35.5. The summed E-state index contributed by atoms with van der Waals surface area (Å²) in [5.74, 6) is 0. The van der Waals surface area contributed by atoms with Crippen LogP contribution in [-0.4, -0.2) is 42.4 Å². The molecular weight excluding hydrogens is 244 g/mol. The van der Waals surface area contributed by atoms with Gasteiger partial charge in [0, 0.05) is 6.54 Å². The van der Waals surface area contributed by atoms with Gasteiger partial charge < -0.3 is 14.8 Å². The molecule has 1 unspecified atom stereocenters. The third kappa shape index (κ3) is 2.60. The van der Waals surface area contributed by atoms with Crippen LogP contribution < -0.4 is 0 Å². The average molecular weight is 255 g/mol. The summed E-state index contributed by atoms with van der Waals surface area (Å²) in [6, 6.07) is 0. The Balaban J connectivity index is 2.20. The molecule has 0 spiro atoms. The number of hydrogen-bond donors (Lipinski definition) is 2. The van der Waals surface area contributed by atoms with Crippen LogP contribution in [0.15, 0.2) is 24.8 Å². The Morgan fingerprint density at radius 3 is 3.00 bits per heavy atom. The second kappa shape index (κ2) is 5.22. The topological polar surface area (TPSA) is 84.1 Å². The first-order valence-electron chi connectivity index (χ1n) is 4.99. The fourth-order valence-electron chi connectivity index (χ4n) is 1.38. The van der Waals surface area contributed by atoms with Crippen LogP contribution in [0.4, 0.5) is 0 Å². The largest absolute Gasteiger partial charge is 0.393 e. The van der Waals surface area contributed by atoms with Crippen molar-refractivity contribution in [1.82, 2.24) is 19.5 Å². The van der Waals surface area contributed by atoms with Gasteiger partial charge in [0.15, 0.2) is 10.8 Å². The molecule has 17 heavy (non-hydrogen) atoms. The smallest absolute Gasteiger partial charge is 0.165 e. The fraction of sp³-hybridized carbons (Fsp3) is 0.300. The van der Waals surface area contributed by atoms with Crippen LogP contribution in [0.2, 0.25) is 5.15 Å². The predicted octanol–water partition coefficient (Wildman–Crippen LogP) is 0.389. The van der Waals surface area contributed by atoms with E-state index in [1.807, 2.05) is 0 Å². The third-order valence-electron chi connectivity index (χ3n) is 2.20. The molecule has 1 atom stereocenters. The van der Waals surface area contributed by atoms with Gasteiger partial charge in [-0.2, -0.15) is 0 Å². The van der Waals surface area contributed by atoms with E-state index in [1.54, 1.807) is 17.0 Å². The number of aliphatic hydroxyl groups is 2. The van der Waals surface area contributed by atoms with Gasteiger partial charge in [-0.05, 0) is 0 Å². The van der Waals surface area contributed by atoms with Gasteiger partial charge in [-0.3, -0.25) is 0 Å². The molecule has 90 valence electrons. The van der Waals surface area contributed by atoms with Crippen molar-refractivity contribution in [3.63, 3.8) is 0 Å². The minimum Gasteiger partial charge on any atom is -0.393 e. The molecule has 2 aromatic rings. The number of imidazole rings is 1. The number of allylic oxidation sites excluding steroid dienone is 1. The zero-order valence-corrected chi connectivity index (χ0v) is 9.62. The van der Waals surface area contributed by atoms with Gasteiger partial charge >= 0.3 is 0 Å². The van der Waals surface area contributed by atoms with E-state index in [4.69, 9.17) is 21.8 Å². The van der Waals surface area contributed by atoms with Crippen molar-refractivity contribution in [3.8, 4) is 0 Å². The highest BCUT2D eigenvalue weighted by Gasteiger charge is 2.06. The molecule has 0 saturated heterocycles. The molecule has 2 heterocycles. The first kappa shape index (κ1) is 12.0. The lowest BCUT2D eigenvalue weighted by molar-refractivity contribution is 0.131. The number of aromatic nitrogens is 4. The number of fused-ring (bicyclic) bond motifs is 1. The number of hydrogen-bond acceptors (Lipinski definition) is 5. The molecule has 0 bridgehead atoms. The highest BCUT2D eigenvalue weighted by Crippen LogP contribution is 2.16. The molecule has 0 fully saturated rings. The van der Waals surface area contributed by atoms with Gasteiger partial charge in [0.05, 0.1) is 19.0 Å². The van der Waals surface area contributed by atoms with Crippen LogP contribution >= 0.6 is 11.6 Å². The first-order valence-corrected chi connectivity index (χ1v) is 5.37. The summed E-state index contributed by atoms with van der Waals surface area (Å²) in [4.78, 5) is 12.0. The molecule has 0 aromatic carbocycles. The summed E-state index contributed by atoms with van der Waals surface area (Å²) in [7, 11) is 0. The van der Waals surface area contributed by atoms with E-state index in [-0.39, 0.29) is 6.61 Å². The van der Waals surface area contributed by atoms with Crippen molar-refractivity contribution >= 4 is 22.8 Å². The van der Waals surface area contributed by atoms with Crippen molar-refractivity contribution < 1.29 is 10.2 Å². The molecule has 0 aliphatic rings. The van der Waals surface area contributed by atoms with E-state index in [1.165, 1.54) is 12.4 Å². The molecule has 2 aromatic heterocycles. The predicted molar refractivity (Wildman–Crippen MR) is 62.6 cm³/mol. The molecule has 0 amide bonds. The molecule has 0 saturated carbocycles. The van der Waals surface area contributed by atoms with Gasteiger partial charge in [-0.15, -0.1) is 0 Å². The molecule has 6 nitrogen and oxygen atoms in total. The minimum atomic E-state index is -0.844. The normalized spacial score (nSPS) is 13.6. The standard InChI is InChI=1S/C10H11ClN4O2/c11-9-8-10(13-5-12-9)15(6-14-8)3-1-2-7(17)4-16/h1-2,5-7,16-17H,3-4H2/b2-1+. The van der Waals surface area contributed by atoms with Gasteiger partial charge in [0.2, 0.25) is 0 Å². The summed E-state index contributed by atoms with van der Waals surface area (Å²) in [6.07, 6.45) is 5.35. The number of halogens is 1. The van der Waals surface area contributed by atoms with Crippen LogP contribution in [-0.2, 0) is 6.54 Å². The highest BCUT2D eigenvalue weighted by molar-refractivity contribution is 6.33. The van der Waals surface area contributed by atoms with Crippen molar-refractivity contribution in [2.24, 2.45) is 0 Å². The van der Waals surface area contributed by atoms with Crippen LogP contribution in [0.25, 0.3) is 11.2 Å². The monoisotopic (exact) mass is 254 g/mol. The maximum Gasteiger partial charge on any atom is 0.165 e. The van der Waals surface area contributed by atoms with Gasteiger partial charge in [-0.25, -0.2) is 15.0 Å². The number of nitrogens with zero attached hydrogens (tertiary/aromatic N) is 4. The molecule has 0 radical (unpaired) electrons. The zero-order chi connectivity index (χ0) is 12.3. The third-order valence-corrected chi connectivity index (χ3v) is 2.48. The summed E-state index contributed by atoms with van der Waals surface area (Å²) in [6.45, 7) is 0.191. The molecule has 0 aliphatic heterocycles. The Labute approximate surface area is 102 Å². The second-order valence-electron chi connectivity index (χ2n) is 3.41. The summed E-state index contributed by atoms with van der Waals surface area (Å²) in [5, 5.41) is 18.1. The lowest BCUT2D eigenvalue weighted by Crippen LogP contribution is -2.07. The first-order chi connectivity index (χ1) is 8.22. The summed E-state index contributed by atoms with van der Waals surface area (Å²) in [5.41, 5.74) is 1.18. The van der Waals surface area contributed by atoms with Gasteiger partial charge in [-0.1, -0.05) is 23.8 Å². The van der Waals surface area contributed by atoms with E-state index in [9.17, 15) is 0 Å². The minimum absolute atomic E-state index is 0.296. The Hall–Kier alpha value is -1.50. The molecular formula is C10H11ClN4O2. The van der Waals surface area contributed by atoms with Crippen LogP contribution in [0, 0.1) is 0 Å². The van der Waals surface area contributed by atoms with Gasteiger partial charge in [0.25, 0.3) is 0 Å². The van der Waals surface area contributed by atoms with E-state index in [0.717, 1.165) is 0 Å². The molecule has 2 N–H and O–H groups in total. The summed E-state index contributed by atoms with van der Waals surface area (Å²) < 4.78 is 1.77.